The van der Waals surface area contributed by atoms with Gasteiger partial charge in [0.2, 0.25) is 0 Å². The number of furan rings is 1. The van der Waals surface area contributed by atoms with Gasteiger partial charge in [-0.3, -0.25) is 4.79 Å². The van der Waals surface area contributed by atoms with Crippen molar-refractivity contribution in [3.63, 3.8) is 0 Å². The summed E-state index contributed by atoms with van der Waals surface area (Å²) >= 11 is 11.9. The second-order valence-electron chi connectivity index (χ2n) is 5.23. The Morgan fingerprint density at radius 1 is 1.24 bits per heavy atom. The second kappa shape index (κ2) is 9.30. The molecule has 0 aliphatic rings. The van der Waals surface area contributed by atoms with Gasteiger partial charge in [-0.2, -0.15) is 0 Å². The van der Waals surface area contributed by atoms with Crippen molar-refractivity contribution in [1.29, 1.82) is 0 Å². The van der Waals surface area contributed by atoms with Gasteiger partial charge in [0.15, 0.2) is 6.61 Å². The number of amides is 1. The molecule has 1 aromatic carbocycles. The minimum absolute atomic E-state index is 0.352. The highest BCUT2D eigenvalue weighted by Crippen LogP contribution is 2.21. The van der Waals surface area contributed by atoms with Crippen molar-refractivity contribution in [3.05, 3.63) is 63.5 Å². The lowest BCUT2D eigenvalue weighted by Gasteiger charge is -2.07. The molecule has 2 rings (SSSR count). The van der Waals surface area contributed by atoms with Crippen LogP contribution in [-0.4, -0.2) is 25.0 Å². The van der Waals surface area contributed by atoms with Crippen LogP contribution in [0.4, 0.5) is 0 Å². The Labute approximate surface area is 155 Å². The molecule has 25 heavy (non-hydrogen) atoms. The summed E-state index contributed by atoms with van der Waals surface area (Å²) in [6.07, 6.45) is 3.24. The van der Waals surface area contributed by atoms with Gasteiger partial charge in [0.05, 0.1) is 0 Å². The molecule has 0 saturated carbocycles. The zero-order valence-corrected chi connectivity index (χ0v) is 15.1. The largest absolute Gasteiger partial charge is 0.462 e. The maximum atomic E-state index is 11.7. The van der Waals surface area contributed by atoms with E-state index >= 15 is 0 Å². The maximum Gasteiger partial charge on any atom is 0.331 e. The second-order valence-corrected chi connectivity index (χ2v) is 6.07. The van der Waals surface area contributed by atoms with Gasteiger partial charge >= 0.3 is 5.97 Å². The van der Waals surface area contributed by atoms with Gasteiger partial charge in [-0.05, 0) is 49.2 Å². The average molecular weight is 382 g/mol. The molecule has 5 nitrogen and oxygen atoms in total. The molecule has 132 valence electrons. The molecule has 0 aliphatic heterocycles. The number of benzene rings is 1. The van der Waals surface area contributed by atoms with E-state index < -0.39 is 5.97 Å². The standard InChI is InChI=1S/C18H17Cl2NO4/c1-12-2-5-15(25-12)6-7-18(23)24-11-17(22)21-9-8-13-3-4-14(19)10-16(13)20/h2-7,10H,8-9,11H2,1H3,(H,21,22). The molecule has 2 aromatic rings. The van der Waals surface area contributed by atoms with Crippen molar-refractivity contribution in [2.75, 3.05) is 13.2 Å². The first-order valence-electron chi connectivity index (χ1n) is 7.56. The normalized spacial score (nSPS) is 10.8. The van der Waals surface area contributed by atoms with Crippen molar-refractivity contribution >= 4 is 41.2 Å². The lowest BCUT2D eigenvalue weighted by Crippen LogP contribution is -2.30. The molecule has 0 fully saturated rings. The fourth-order valence-corrected chi connectivity index (χ4v) is 2.49. The van der Waals surface area contributed by atoms with Crippen molar-refractivity contribution in [2.45, 2.75) is 13.3 Å². The summed E-state index contributed by atoms with van der Waals surface area (Å²) in [4.78, 5) is 23.2. The highest BCUT2D eigenvalue weighted by Gasteiger charge is 2.06. The Hall–Kier alpha value is -2.24. The molecular weight excluding hydrogens is 365 g/mol. The lowest BCUT2D eigenvalue weighted by molar-refractivity contribution is -0.143. The van der Waals surface area contributed by atoms with E-state index in [0.29, 0.717) is 28.8 Å². The summed E-state index contributed by atoms with van der Waals surface area (Å²) in [5, 5.41) is 3.76. The minimum atomic E-state index is -0.620. The molecule has 0 spiro atoms. The smallest absolute Gasteiger partial charge is 0.331 e. The molecule has 0 unspecified atom stereocenters. The fraction of sp³-hybridized carbons (Fsp3) is 0.222. The Balaban J connectivity index is 1.68. The summed E-state index contributed by atoms with van der Waals surface area (Å²) in [7, 11) is 0. The number of rotatable bonds is 7. The van der Waals surface area contributed by atoms with E-state index in [1.165, 1.54) is 12.2 Å². The molecule has 0 bridgehead atoms. The summed E-state index contributed by atoms with van der Waals surface area (Å²) in [5.74, 6) is 0.276. The predicted octanol–water partition coefficient (Wildman–Crippen LogP) is 3.81. The number of hydrogen-bond donors (Lipinski definition) is 1. The summed E-state index contributed by atoms with van der Waals surface area (Å²) < 4.78 is 10.1. The Kier molecular flexibility index (Phi) is 7.10. The predicted molar refractivity (Wildman–Crippen MR) is 96.6 cm³/mol. The quantitative estimate of drug-likeness (QED) is 0.584. The minimum Gasteiger partial charge on any atom is -0.462 e. The molecule has 0 aliphatic carbocycles. The van der Waals surface area contributed by atoms with E-state index in [1.54, 1.807) is 37.3 Å². The van der Waals surface area contributed by atoms with Crippen molar-refractivity contribution < 1.29 is 18.7 Å². The first kappa shape index (κ1) is 19.1. The average Bonchev–Trinajstić information content (AvgIpc) is 2.98. The molecule has 0 saturated heterocycles. The van der Waals surface area contributed by atoms with E-state index in [4.69, 9.17) is 32.4 Å². The van der Waals surface area contributed by atoms with E-state index in [2.05, 4.69) is 5.32 Å². The van der Waals surface area contributed by atoms with Crippen LogP contribution in [0.1, 0.15) is 17.1 Å². The number of halogens is 2. The lowest BCUT2D eigenvalue weighted by atomic mass is 10.1. The van der Waals surface area contributed by atoms with Crippen molar-refractivity contribution in [2.24, 2.45) is 0 Å². The zero-order chi connectivity index (χ0) is 18.2. The molecule has 7 heteroatoms. The number of esters is 1. The topological polar surface area (TPSA) is 68.5 Å². The molecule has 0 atom stereocenters. The third-order valence-electron chi connectivity index (χ3n) is 3.22. The molecular formula is C18H17Cl2NO4. The zero-order valence-electron chi connectivity index (χ0n) is 13.6. The molecule has 1 aromatic heterocycles. The third kappa shape index (κ3) is 6.64. The molecule has 1 N–H and O–H groups in total. The van der Waals surface area contributed by atoms with Crippen LogP contribution in [0.3, 0.4) is 0 Å². The van der Waals surface area contributed by atoms with Crippen molar-refractivity contribution in [3.8, 4) is 0 Å². The number of carbonyl (C=O) groups excluding carboxylic acids is 2. The van der Waals surface area contributed by atoms with Gasteiger partial charge in [0.25, 0.3) is 5.91 Å². The number of carbonyl (C=O) groups is 2. The maximum absolute atomic E-state index is 11.7. The number of nitrogens with one attached hydrogen (secondary N) is 1. The Bertz CT molecular complexity index is 783. The van der Waals surface area contributed by atoms with Gasteiger partial charge < -0.3 is 14.5 Å². The van der Waals surface area contributed by atoms with E-state index in [0.717, 1.165) is 11.3 Å². The SMILES string of the molecule is Cc1ccc(C=CC(=O)OCC(=O)NCCc2ccc(Cl)cc2Cl)o1. The molecule has 0 radical (unpaired) electrons. The van der Waals surface area contributed by atoms with Gasteiger partial charge in [-0.15, -0.1) is 0 Å². The van der Waals surface area contributed by atoms with Crippen LogP contribution in [0.25, 0.3) is 6.08 Å². The number of ether oxygens (including phenoxy) is 1. The monoisotopic (exact) mass is 381 g/mol. The van der Waals surface area contributed by atoms with Crippen LogP contribution in [-0.2, 0) is 20.7 Å². The summed E-state index contributed by atoms with van der Waals surface area (Å²) in [6.45, 7) is 1.82. The van der Waals surface area contributed by atoms with Crippen LogP contribution in [0.15, 0.2) is 40.8 Å². The highest BCUT2D eigenvalue weighted by atomic mass is 35.5. The fourth-order valence-electron chi connectivity index (χ4n) is 1.99. The van der Waals surface area contributed by atoms with Crippen LogP contribution in [0.5, 0.6) is 0 Å². The third-order valence-corrected chi connectivity index (χ3v) is 3.81. The Morgan fingerprint density at radius 2 is 2.04 bits per heavy atom. The van der Waals surface area contributed by atoms with Crippen LogP contribution < -0.4 is 5.32 Å². The summed E-state index contributed by atoms with van der Waals surface area (Å²) in [5.41, 5.74) is 0.875. The number of hydrogen-bond acceptors (Lipinski definition) is 4. The van der Waals surface area contributed by atoms with Gasteiger partial charge in [0.1, 0.15) is 11.5 Å². The van der Waals surface area contributed by atoms with Crippen LogP contribution in [0, 0.1) is 6.92 Å². The van der Waals surface area contributed by atoms with Crippen molar-refractivity contribution in [1.82, 2.24) is 5.32 Å². The van der Waals surface area contributed by atoms with E-state index in [1.807, 2.05) is 0 Å². The van der Waals surface area contributed by atoms with Crippen LogP contribution >= 0.6 is 23.2 Å². The van der Waals surface area contributed by atoms with E-state index in [9.17, 15) is 9.59 Å². The summed E-state index contributed by atoms with van der Waals surface area (Å²) in [6, 6.07) is 8.70. The molecule has 1 amide bonds. The van der Waals surface area contributed by atoms with Gasteiger partial charge in [-0.25, -0.2) is 4.79 Å². The van der Waals surface area contributed by atoms with Gasteiger partial charge in [0, 0.05) is 22.7 Å². The van der Waals surface area contributed by atoms with Crippen LogP contribution in [0.2, 0.25) is 10.0 Å². The highest BCUT2D eigenvalue weighted by molar-refractivity contribution is 6.35. The first-order valence-corrected chi connectivity index (χ1v) is 8.31. The van der Waals surface area contributed by atoms with E-state index in [-0.39, 0.29) is 12.5 Å². The number of aryl methyl sites for hydroxylation is 1. The Morgan fingerprint density at radius 3 is 2.72 bits per heavy atom. The first-order chi connectivity index (χ1) is 11.9. The van der Waals surface area contributed by atoms with Gasteiger partial charge in [-0.1, -0.05) is 29.3 Å². The molecule has 1 heterocycles.